The van der Waals surface area contributed by atoms with Crippen molar-refractivity contribution in [1.82, 2.24) is 0 Å². The van der Waals surface area contributed by atoms with Crippen LogP contribution in [0.3, 0.4) is 0 Å². The summed E-state index contributed by atoms with van der Waals surface area (Å²) in [5.41, 5.74) is 0.564. The van der Waals surface area contributed by atoms with Crippen LogP contribution in [-0.4, -0.2) is 18.3 Å². The van der Waals surface area contributed by atoms with Gasteiger partial charge in [0.25, 0.3) is 0 Å². The number of carbonyl (C=O) groups excluding carboxylic acids is 1. The molecule has 4 heteroatoms. The van der Waals surface area contributed by atoms with Crippen LogP contribution in [0.25, 0.3) is 0 Å². The highest BCUT2D eigenvalue weighted by atomic mass is 35.5. The molecule has 0 amide bonds. The number of hydrogen-bond acceptors (Lipinski definition) is 2. The quantitative estimate of drug-likeness (QED) is 0.420. The molecule has 0 aliphatic carbocycles. The fourth-order valence-corrected chi connectivity index (χ4v) is 1.88. The van der Waals surface area contributed by atoms with Crippen molar-refractivity contribution in [3.05, 3.63) is 28.8 Å². The molecule has 0 unspecified atom stereocenters. The van der Waals surface area contributed by atoms with Gasteiger partial charge in [0.05, 0.1) is 12.2 Å². The lowest BCUT2D eigenvalue weighted by Crippen LogP contribution is -2.04. The molecule has 0 aromatic heterocycles. The van der Waals surface area contributed by atoms with Crippen molar-refractivity contribution in [2.75, 3.05) is 12.5 Å². The van der Waals surface area contributed by atoms with Gasteiger partial charge in [-0.05, 0) is 38.0 Å². The third-order valence-corrected chi connectivity index (χ3v) is 2.83. The zero-order valence-corrected chi connectivity index (χ0v) is 11.4. The molecule has 2 nitrogen and oxygen atoms in total. The molecule has 1 aromatic carbocycles. The maximum absolute atomic E-state index is 12.0. The number of hydrogen-bond donors (Lipinski definition) is 0. The topological polar surface area (TPSA) is 26.3 Å². The lowest BCUT2D eigenvalue weighted by Gasteiger charge is -2.09. The molecule has 94 valence electrons. The highest BCUT2D eigenvalue weighted by Gasteiger charge is 2.12. The van der Waals surface area contributed by atoms with E-state index in [0.717, 1.165) is 12.8 Å². The van der Waals surface area contributed by atoms with Gasteiger partial charge in [0.1, 0.15) is 5.75 Å². The van der Waals surface area contributed by atoms with E-state index in [1.807, 2.05) is 6.92 Å². The minimum atomic E-state index is 0.0565. The number of ether oxygens (including phenoxy) is 1. The van der Waals surface area contributed by atoms with E-state index in [1.54, 1.807) is 18.2 Å². The van der Waals surface area contributed by atoms with E-state index in [1.165, 1.54) is 0 Å². The van der Waals surface area contributed by atoms with Crippen molar-refractivity contribution < 1.29 is 9.53 Å². The molecule has 0 aliphatic rings. The second-order valence-electron chi connectivity index (χ2n) is 3.64. The normalized spacial score (nSPS) is 10.3. The Labute approximate surface area is 112 Å². The Bertz CT molecular complexity index is 378. The Hall–Kier alpha value is -0.730. The van der Waals surface area contributed by atoms with Gasteiger partial charge in [0.2, 0.25) is 0 Å². The minimum absolute atomic E-state index is 0.0565. The first-order valence-corrected chi connectivity index (χ1v) is 6.61. The van der Waals surface area contributed by atoms with E-state index in [-0.39, 0.29) is 5.78 Å². The Morgan fingerprint density at radius 2 is 2.12 bits per heavy atom. The van der Waals surface area contributed by atoms with E-state index in [0.29, 0.717) is 35.2 Å². The number of alkyl halides is 1. The molecular weight excluding hydrogens is 259 g/mol. The molecule has 0 spiro atoms. The summed E-state index contributed by atoms with van der Waals surface area (Å²) < 4.78 is 5.41. The van der Waals surface area contributed by atoms with Crippen LogP contribution >= 0.6 is 23.2 Å². The number of carbonyl (C=O) groups is 1. The molecule has 0 saturated heterocycles. The average molecular weight is 275 g/mol. The summed E-state index contributed by atoms with van der Waals surface area (Å²) >= 11 is 11.5. The molecule has 1 aromatic rings. The molecule has 0 saturated carbocycles. The van der Waals surface area contributed by atoms with Gasteiger partial charge in [0.15, 0.2) is 5.78 Å². The number of benzene rings is 1. The molecule has 0 heterocycles. The molecule has 0 bridgehead atoms. The summed E-state index contributed by atoms with van der Waals surface area (Å²) in [5, 5.41) is 0.550. The standard InChI is InChI=1S/C13H16Cl2O2/c1-2-17-13-7-6-10(15)9-11(13)12(16)5-3-4-8-14/h6-7,9H,2-5,8H2,1H3. The molecule has 0 atom stereocenters. The van der Waals surface area contributed by atoms with Crippen molar-refractivity contribution >= 4 is 29.0 Å². The van der Waals surface area contributed by atoms with Crippen LogP contribution in [0.15, 0.2) is 18.2 Å². The Morgan fingerprint density at radius 3 is 2.76 bits per heavy atom. The maximum Gasteiger partial charge on any atom is 0.166 e. The molecule has 0 fully saturated rings. The highest BCUT2D eigenvalue weighted by Crippen LogP contribution is 2.24. The molecule has 0 radical (unpaired) electrons. The fraction of sp³-hybridized carbons (Fsp3) is 0.462. The van der Waals surface area contributed by atoms with Crippen molar-refractivity contribution in [2.45, 2.75) is 26.2 Å². The molecule has 17 heavy (non-hydrogen) atoms. The molecule has 0 aliphatic heterocycles. The molecular formula is C13H16Cl2O2. The van der Waals surface area contributed by atoms with Crippen LogP contribution in [0.5, 0.6) is 5.75 Å². The monoisotopic (exact) mass is 274 g/mol. The van der Waals surface area contributed by atoms with Gasteiger partial charge in [-0.1, -0.05) is 11.6 Å². The maximum atomic E-state index is 12.0. The predicted molar refractivity (Wildman–Crippen MR) is 71.5 cm³/mol. The summed E-state index contributed by atoms with van der Waals surface area (Å²) in [5.74, 6) is 1.25. The van der Waals surface area contributed by atoms with Gasteiger partial charge < -0.3 is 4.74 Å². The second-order valence-corrected chi connectivity index (χ2v) is 4.46. The fourth-order valence-electron chi connectivity index (χ4n) is 1.52. The average Bonchev–Trinajstić information content (AvgIpc) is 2.32. The van der Waals surface area contributed by atoms with E-state index in [2.05, 4.69) is 0 Å². The van der Waals surface area contributed by atoms with Crippen molar-refractivity contribution in [3.63, 3.8) is 0 Å². The lowest BCUT2D eigenvalue weighted by molar-refractivity contribution is 0.0976. The van der Waals surface area contributed by atoms with Crippen LogP contribution in [0.4, 0.5) is 0 Å². The van der Waals surface area contributed by atoms with Gasteiger partial charge in [0, 0.05) is 17.3 Å². The Balaban J connectivity index is 2.78. The van der Waals surface area contributed by atoms with Gasteiger partial charge in [-0.3, -0.25) is 4.79 Å². The first-order chi connectivity index (χ1) is 8.19. The third kappa shape index (κ3) is 4.57. The predicted octanol–water partition coefficient (Wildman–Crippen LogP) is 4.33. The molecule has 0 N–H and O–H groups in total. The van der Waals surface area contributed by atoms with Crippen LogP contribution in [-0.2, 0) is 0 Å². The number of rotatable bonds is 7. The summed E-state index contributed by atoms with van der Waals surface area (Å²) in [4.78, 5) is 12.0. The van der Waals surface area contributed by atoms with Crippen molar-refractivity contribution in [3.8, 4) is 5.75 Å². The van der Waals surface area contributed by atoms with E-state index >= 15 is 0 Å². The lowest BCUT2D eigenvalue weighted by atomic mass is 10.0. The SMILES string of the molecule is CCOc1ccc(Cl)cc1C(=O)CCCCCl. The highest BCUT2D eigenvalue weighted by molar-refractivity contribution is 6.31. The van der Waals surface area contributed by atoms with E-state index < -0.39 is 0 Å². The summed E-state index contributed by atoms with van der Waals surface area (Å²) in [7, 11) is 0. The number of unbranched alkanes of at least 4 members (excludes halogenated alkanes) is 1. The van der Waals surface area contributed by atoms with Crippen molar-refractivity contribution in [2.24, 2.45) is 0 Å². The van der Waals surface area contributed by atoms with Crippen LogP contribution in [0.1, 0.15) is 36.5 Å². The summed E-state index contributed by atoms with van der Waals surface area (Å²) in [6.07, 6.45) is 2.12. The van der Waals surface area contributed by atoms with Gasteiger partial charge in [-0.15, -0.1) is 11.6 Å². The number of ketones is 1. The number of Topliss-reactive ketones (excluding diaryl/α,β-unsaturated/α-hetero) is 1. The summed E-state index contributed by atoms with van der Waals surface area (Å²) in [6, 6.07) is 5.12. The Morgan fingerprint density at radius 1 is 1.35 bits per heavy atom. The van der Waals surface area contributed by atoms with Gasteiger partial charge in [-0.2, -0.15) is 0 Å². The van der Waals surface area contributed by atoms with Crippen LogP contribution < -0.4 is 4.74 Å². The zero-order chi connectivity index (χ0) is 12.7. The first-order valence-electron chi connectivity index (χ1n) is 5.70. The van der Waals surface area contributed by atoms with Gasteiger partial charge in [-0.25, -0.2) is 0 Å². The Kier molecular flexibility index (Phi) is 6.38. The van der Waals surface area contributed by atoms with E-state index in [4.69, 9.17) is 27.9 Å². The smallest absolute Gasteiger partial charge is 0.166 e. The van der Waals surface area contributed by atoms with E-state index in [9.17, 15) is 4.79 Å². The largest absolute Gasteiger partial charge is 0.493 e. The number of halogens is 2. The molecule has 1 rings (SSSR count). The van der Waals surface area contributed by atoms with Crippen LogP contribution in [0, 0.1) is 0 Å². The third-order valence-electron chi connectivity index (χ3n) is 2.33. The zero-order valence-electron chi connectivity index (χ0n) is 9.84. The summed E-state index contributed by atoms with van der Waals surface area (Å²) in [6.45, 7) is 2.42. The first kappa shape index (κ1) is 14.3. The van der Waals surface area contributed by atoms with Gasteiger partial charge >= 0.3 is 0 Å². The van der Waals surface area contributed by atoms with Crippen LogP contribution in [0.2, 0.25) is 5.02 Å². The minimum Gasteiger partial charge on any atom is -0.493 e. The van der Waals surface area contributed by atoms with Crippen molar-refractivity contribution in [1.29, 1.82) is 0 Å². The second kappa shape index (κ2) is 7.57.